The maximum atomic E-state index is 12.4. The summed E-state index contributed by atoms with van der Waals surface area (Å²) in [7, 11) is -3.70. The van der Waals surface area contributed by atoms with Crippen LogP contribution in [0.2, 0.25) is 15.1 Å². The Balaban J connectivity index is 1.81. The smallest absolute Gasteiger partial charge is 0.261 e. The van der Waals surface area contributed by atoms with E-state index in [2.05, 4.69) is 4.72 Å². The maximum absolute atomic E-state index is 12.4. The summed E-state index contributed by atoms with van der Waals surface area (Å²) in [6.07, 6.45) is 0. The quantitative estimate of drug-likeness (QED) is 0.523. The molecule has 0 unspecified atom stereocenters. The Kier molecular flexibility index (Phi) is 5.63. The summed E-state index contributed by atoms with van der Waals surface area (Å²) in [5.41, 5.74) is 0.313. The van der Waals surface area contributed by atoms with Crippen molar-refractivity contribution < 1.29 is 13.2 Å². The van der Waals surface area contributed by atoms with Gasteiger partial charge in [-0.2, -0.15) is 0 Å². The Morgan fingerprint density at radius 2 is 1.38 bits per heavy atom. The highest BCUT2D eigenvalue weighted by Crippen LogP contribution is 2.36. The van der Waals surface area contributed by atoms with Crippen LogP contribution in [0.3, 0.4) is 0 Å². The summed E-state index contributed by atoms with van der Waals surface area (Å²) in [6.45, 7) is 0. The van der Waals surface area contributed by atoms with Crippen molar-refractivity contribution in [2.75, 3.05) is 4.72 Å². The zero-order valence-corrected chi connectivity index (χ0v) is 16.2. The zero-order chi connectivity index (χ0) is 18.7. The van der Waals surface area contributed by atoms with Gasteiger partial charge in [-0.3, -0.25) is 4.72 Å². The topological polar surface area (TPSA) is 55.4 Å². The molecule has 0 saturated heterocycles. The molecule has 3 rings (SSSR count). The van der Waals surface area contributed by atoms with E-state index in [4.69, 9.17) is 39.5 Å². The lowest BCUT2D eigenvalue weighted by Crippen LogP contribution is -2.12. The molecule has 8 heteroatoms. The van der Waals surface area contributed by atoms with Gasteiger partial charge in [-0.1, -0.05) is 53.0 Å². The van der Waals surface area contributed by atoms with Crippen LogP contribution in [0, 0.1) is 0 Å². The second-order valence-corrected chi connectivity index (χ2v) is 8.17. The van der Waals surface area contributed by atoms with Gasteiger partial charge in [0.05, 0.1) is 20.6 Å². The number of hydrogen-bond donors (Lipinski definition) is 1. The van der Waals surface area contributed by atoms with E-state index in [1.54, 1.807) is 48.5 Å². The van der Waals surface area contributed by atoms with Crippen LogP contribution in [-0.2, 0) is 10.0 Å². The predicted molar refractivity (Wildman–Crippen MR) is 105 cm³/mol. The van der Waals surface area contributed by atoms with Crippen LogP contribution >= 0.6 is 34.8 Å². The SMILES string of the molecule is O=S(=O)(Nc1ccc(Oc2ccc(Cl)cc2Cl)c(Cl)c1)c1ccccc1. The van der Waals surface area contributed by atoms with Crippen LogP contribution in [0.25, 0.3) is 0 Å². The molecule has 0 aliphatic heterocycles. The minimum absolute atomic E-state index is 0.157. The third-order valence-corrected chi connectivity index (χ3v) is 5.57. The molecule has 0 radical (unpaired) electrons. The van der Waals surface area contributed by atoms with Gasteiger partial charge in [0.1, 0.15) is 11.5 Å². The number of benzene rings is 3. The molecule has 3 aromatic carbocycles. The predicted octanol–water partition coefficient (Wildman–Crippen LogP) is 6.24. The third-order valence-electron chi connectivity index (χ3n) is 3.35. The van der Waals surface area contributed by atoms with Crippen LogP contribution in [0.4, 0.5) is 5.69 Å². The molecule has 0 saturated carbocycles. The summed E-state index contributed by atoms with van der Waals surface area (Å²) in [4.78, 5) is 0.157. The summed E-state index contributed by atoms with van der Waals surface area (Å²) < 4.78 is 32.8. The summed E-state index contributed by atoms with van der Waals surface area (Å²) in [6, 6.07) is 17.4. The maximum Gasteiger partial charge on any atom is 0.261 e. The van der Waals surface area contributed by atoms with E-state index < -0.39 is 10.0 Å². The lowest BCUT2D eigenvalue weighted by Gasteiger charge is -2.12. The van der Waals surface area contributed by atoms with E-state index in [0.717, 1.165) is 0 Å². The fourth-order valence-electron chi connectivity index (χ4n) is 2.14. The summed E-state index contributed by atoms with van der Waals surface area (Å²) in [5, 5.41) is 1.05. The Bertz CT molecular complexity index is 1040. The Morgan fingerprint density at radius 1 is 0.769 bits per heavy atom. The molecule has 0 aliphatic carbocycles. The first-order valence-corrected chi connectivity index (χ1v) is 9.97. The highest BCUT2D eigenvalue weighted by Gasteiger charge is 2.15. The van der Waals surface area contributed by atoms with Crippen molar-refractivity contribution in [1.29, 1.82) is 0 Å². The third kappa shape index (κ3) is 4.43. The van der Waals surface area contributed by atoms with Crippen LogP contribution in [0.5, 0.6) is 11.5 Å². The van der Waals surface area contributed by atoms with Crippen molar-refractivity contribution in [3.63, 3.8) is 0 Å². The van der Waals surface area contributed by atoms with Crippen LogP contribution < -0.4 is 9.46 Å². The standard InChI is InChI=1S/C18H12Cl3NO3S/c19-12-6-8-17(15(20)10-12)25-18-9-7-13(11-16(18)21)22-26(23,24)14-4-2-1-3-5-14/h1-11,22H. The molecule has 0 aliphatic rings. The molecule has 134 valence electrons. The van der Waals surface area contributed by atoms with Gasteiger partial charge < -0.3 is 4.74 Å². The molecule has 0 fully saturated rings. The lowest BCUT2D eigenvalue weighted by atomic mass is 10.3. The number of nitrogens with one attached hydrogen (secondary N) is 1. The van der Waals surface area contributed by atoms with E-state index in [1.165, 1.54) is 18.2 Å². The summed E-state index contributed by atoms with van der Waals surface area (Å²) in [5.74, 6) is 0.717. The normalized spacial score (nSPS) is 11.2. The lowest BCUT2D eigenvalue weighted by molar-refractivity contribution is 0.483. The molecule has 0 bridgehead atoms. The van der Waals surface area contributed by atoms with Crippen molar-refractivity contribution in [2.24, 2.45) is 0 Å². The van der Waals surface area contributed by atoms with E-state index in [-0.39, 0.29) is 9.92 Å². The number of halogens is 3. The molecule has 4 nitrogen and oxygen atoms in total. The second-order valence-electron chi connectivity index (χ2n) is 5.24. The Labute approximate surface area is 166 Å². The van der Waals surface area contributed by atoms with Gasteiger partial charge >= 0.3 is 0 Å². The van der Waals surface area contributed by atoms with Crippen molar-refractivity contribution in [1.82, 2.24) is 0 Å². The first-order valence-electron chi connectivity index (χ1n) is 7.35. The van der Waals surface area contributed by atoms with Gasteiger partial charge in [0, 0.05) is 5.02 Å². The van der Waals surface area contributed by atoms with Crippen molar-refractivity contribution >= 4 is 50.5 Å². The van der Waals surface area contributed by atoms with E-state index in [1.807, 2.05) is 0 Å². The number of rotatable bonds is 5. The number of anilines is 1. The van der Waals surface area contributed by atoms with Gasteiger partial charge in [-0.15, -0.1) is 0 Å². The minimum atomic E-state index is -3.70. The van der Waals surface area contributed by atoms with Crippen molar-refractivity contribution in [3.05, 3.63) is 81.8 Å². The van der Waals surface area contributed by atoms with Crippen molar-refractivity contribution in [3.8, 4) is 11.5 Å². The first kappa shape index (κ1) is 18.9. The van der Waals surface area contributed by atoms with Crippen LogP contribution in [0.1, 0.15) is 0 Å². The fourth-order valence-corrected chi connectivity index (χ4v) is 3.87. The van der Waals surface area contributed by atoms with Crippen LogP contribution in [-0.4, -0.2) is 8.42 Å². The van der Waals surface area contributed by atoms with Crippen molar-refractivity contribution in [2.45, 2.75) is 4.90 Å². The molecule has 0 atom stereocenters. The van der Waals surface area contributed by atoms with Gasteiger partial charge in [-0.05, 0) is 48.5 Å². The monoisotopic (exact) mass is 427 g/mol. The highest BCUT2D eigenvalue weighted by atomic mass is 35.5. The first-order chi connectivity index (χ1) is 12.3. The average molecular weight is 429 g/mol. The molecule has 3 aromatic rings. The van der Waals surface area contributed by atoms with E-state index in [9.17, 15) is 8.42 Å². The van der Waals surface area contributed by atoms with Gasteiger partial charge in [0.2, 0.25) is 0 Å². The van der Waals surface area contributed by atoms with Gasteiger partial charge in [-0.25, -0.2) is 8.42 Å². The molecule has 0 heterocycles. The average Bonchev–Trinajstić information content (AvgIpc) is 2.60. The largest absolute Gasteiger partial charge is 0.454 e. The molecule has 0 amide bonds. The molecule has 1 N–H and O–H groups in total. The van der Waals surface area contributed by atoms with Crippen LogP contribution in [0.15, 0.2) is 71.6 Å². The number of sulfonamides is 1. The molecule has 26 heavy (non-hydrogen) atoms. The molecular weight excluding hydrogens is 417 g/mol. The van der Waals surface area contributed by atoms with Gasteiger partial charge in [0.25, 0.3) is 10.0 Å². The molecule has 0 spiro atoms. The second kappa shape index (κ2) is 7.76. The number of ether oxygens (including phenoxy) is 1. The highest BCUT2D eigenvalue weighted by molar-refractivity contribution is 7.92. The Morgan fingerprint density at radius 3 is 2.00 bits per heavy atom. The number of hydrogen-bond acceptors (Lipinski definition) is 3. The minimum Gasteiger partial charge on any atom is -0.454 e. The molecule has 0 aromatic heterocycles. The Hall–Kier alpha value is -1.92. The molecular formula is C18H12Cl3NO3S. The van der Waals surface area contributed by atoms with Gasteiger partial charge in [0.15, 0.2) is 0 Å². The fraction of sp³-hybridized carbons (Fsp3) is 0. The van der Waals surface area contributed by atoms with E-state index >= 15 is 0 Å². The zero-order valence-electron chi connectivity index (χ0n) is 13.1. The van der Waals surface area contributed by atoms with E-state index in [0.29, 0.717) is 27.2 Å². The summed E-state index contributed by atoms with van der Waals surface area (Å²) >= 11 is 18.1.